The quantitative estimate of drug-likeness (QED) is 0.0739. The summed E-state index contributed by atoms with van der Waals surface area (Å²) in [5.41, 5.74) is 4.33. The van der Waals surface area contributed by atoms with Gasteiger partial charge in [0.05, 0.1) is 16.3 Å². The fraction of sp³-hybridized carbons (Fsp3) is 0.514. The summed E-state index contributed by atoms with van der Waals surface area (Å²) in [7, 11) is 0. The summed E-state index contributed by atoms with van der Waals surface area (Å²) >= 11 is 0. The normalized spacial score (nSPS) is 13.7. The minimum Gasteiger partial charge on any atom is -0.507 e. The zero-order valence-electron chi connectivity index (χ0n) is 27.1. The number of nitro benzene ring substituents is 1. The lowest BCUT2D eigenvalue weighted by molar-refractivity contribution is -0.384. The van der Waals surface area contributed by atoms with Gasteiger partial charge >= 0.3 is 0 Å². The number of aromatic hydroxyl groups is 1. The molecule has 0 bridgehead atoms. The second-order valence-corrected chi connectivity index (χ2v) is 12.9. The third-order valence-corrected chi connectivity index (χ3v) is 8.65. The van der Waals surface area contributed by atoms with Gasteiger partial charge in [-0.15, -0.1) is 5.11 Å². The van der Waals surface area contributed by atoms with E-state index in [4.69, 9.17) is 0 Å². The maximum atomic E-state index is 11.2. The van der Waals surface area contributed by atoms with E-state index in [-0.39, 0.29) is 5.69 Å². The van der Waals surface area contributed by atoms with Crippen LogP contribution in [0.3, 0.4) is 0 Å². The molecule has 0 saturated heterocycles. The second-order valence-electron chi connectivity index (χ2n) is 12.9. The minimum atomic E-state index is -0.432. The Morgan fingerprint density at radius 1 is 0.860 bits per heavy atom. The van der Waals surface area contributed by atoms with Crippen molar-refractivity contribution in [2.75, 3.05) is 0 Å². The molecule has 0 aromatic heterocycles. The molecule has 0 aliphatic rings. The van der Waals surface area contributed by atoms with Crippen LogP contribution in [0.4, 0.5) is 17.1 Å². The van der Waals surface area contributed by atoms with Gasteiger partial charge in [-0.25, -0.2) is 0 Å². The molecular weight excluding hydrogens is 534 g/mol. The number of nitrogens with zero attached hydrogens (tertiary/aromatic N) is 3. The summed E-state index contributed by atoms with van der Waals surface area (Å²) in [4.78, 5) is 10.5. The van der Waals surface area contributed by atoms with Gasteiger partial charge in [-0.05, 0) is 68.6 Å². The highest BCUT2D eigenvalue weighted by Gasteiger charge is 2.16. The van der Waals surface area contributed by atoms with Gasteiger partial charge in [0.15, 0.2) is 0 Å². The molecule has 43 heavy (non-hydrogen) atoms. The fourth-order valence-corrected chi connectivity index (χ4v) is 5.79. The summed E-state index contributed by atoms with van der Waals surface area (Å²) < 4.78 is 0. The molecule has 3 aromatic rings. The van der Waals surface area contributed by atoms with E-state index in [1.165, 1.54) is 69.1 Å². The molecule has 3 rings (SSSR count). The first-order chi connectivity index (χ1) is 20.6. The highest BCUT2D eigenvalue weighted by molar-refractivity contribution is 5.99. The molecule has 0 aliphatic carbocycles. The Morgan fingerprint density at radius 2 is 1.44 bits per heavy atom. The van der Waals surface area contributed by atoms with Crippen LogP contribution >= 0.6 is 0 Å². The lowest BCUT2D eigenvalue weighted by atomic mass is 9.91. The van der Waals surface area contributed by atoms with E-state index >= 15 is 0 Å². The van der Waals surface area contributed by atoms with E-state index in [0.717, 1.165) is 46.1 Å². The minimum absolute atomic E-state index is 0.0154. The fourth-order valence-electron chi connectivity index (χ4n) is 5.79. The monoisotopic (exact) mass is 585 g/mol. The maximum Gasteiger partial charge on any atom is 0.269 e. The summed E-state index contributed by atoms with van der Waals surface area (Å²) in [5, 5.41) is 32.7. The first kappa shape index (κ1) is 34.0. The number of benzene rings is 3. The predicted molar refractivity (Wildman–Crippen MR) is 180 cm³/mol. The number of fused-ring (bicyclic) bond motifs is 1. The molecule has 0 aliphatic heterocycles. The zero-order valence-corrected chi connectivity index (χ0v) is 27.1. The Hall–Kier alpha value is -3.54. The van der Waals surface area contributed by atoms with Crippen molar-refractivity contribution in [1.29, 1.82) is 0 Å². The van der Waals surface area contributed by atoms with Crippen molar-refractivity contribution in [3.8, 4) is 5.75 Å². The van der Waals surface area contributed by atoms with Crippen LogP contribution in [0, 0.1) is 34.8 Å². The number of phenols is 1. The van der Waals surface area contributed by atoms with Gasteiger partial charge in [-0.2, -0.15) is 5.11 Å². The van der Waals surface area contributed by atoms with E-state index in [0.29, 0.717) is 23.5 Å². The molecule has 1 N–H and O–H groups in total. The standard InChI is InChI=1S/C37H51N3O3/c1-26(2)12-9-13-27(3)14-10-15-28(4)16-11-17-29(5)20-25-33-30(6)36(34-18-7-8-19-35(34)37(33)41)39-38-31-21-23-32(24-22-31)40(42)43/h7-8,18-24,26-28,41H,9-17,25H2,1-6H3/b29-20+,39-38?. The topological polar surface area (TPSA) is 88.1 Å². The van der Waals surface area contributed by atoms with Crippen molar-refractivity contribution in [3.63, 3.8) is 0 Å². The van der Waals surface area contributed by atoms with Crippen LogP contribution in [0.2, 0.25) is 0 Å². The van der Waals surface area contributed by atoms with E-state index in [1.54, 1.807) is 12.1 Å². The SMILES string of the molecule is C/C(=C\Cc1c(C)c(N=Nc2ccc([N+](=O)[O-])cc2)c2ccccc2c1O)CCCC(C)CCCC(C)CCCC(C)C. The number of azo groups is 1. The number of hydrogen-bond acceptors (Lipinski definition) is 5. The van der Waals surface area contributed by atoms with E-state index in [2.05, 4.69) is 50.9 Å². The summed E-state index contributed by atoms with van der Waals surface area (Å²) in [5.74, 6) is 2.71. The largest absolute Gasteiger partial charge is 0.507 e. The molecule has 0 amide bonds. The average Bonchev–Trinajstić information content (AvgIpc) is 2.97. The Labute approximate surface area is 258 Å². The first-order valence-electron chi connectivity index (χ1n) is 16.1. The molecular formula is C37H51N3O3. The number of non-ortho nitro benzene ring substituents is 1. The Morgan fingerprint density at radius 3 is 2.05 bits per heavy atom. The van der Waals surface area contributed by atoms with Crippen molar-refractivity contribution >= 4 is 27.8 Å². The van der Waals surface area contributed by atoms with Gasteiger partial charge in [0, 0.05) is 28.5 Å². The van der Waals surface area contributed by atoms with Crippen molar-refractivity contribution in [1.82, 2.24) is 0 Å². The molecule has 2 unspecified atom stereocenters. The van der Waals surface area contributed by atoms with Crippen LogP contribution in [-0.4, -0.2) is 10.0 Å². The molecule has 6 nitrogen and oxygen atoms in total. The summed E-state index contributed by atoms with van der Waals surface area (Å²) in [6.07, 6.45) is 14.5. The van der Waals surface area contributed by atoms with Gasteiger partial charge in [0.2, 0.25) is 0 Å². The summed E-state index contributed by atoms with van der Waals surface area (Å²) in [6, 6.07) is 13.7. The molecule has 0 fully saturated rings. The Bertz CT molecular complexity index is 1390. The number of rotatable bonds is 17. The molecule has 6 heteroatoms. The highest BCUT2D eigenvalue weighted by atomic mass is 16.6. The molecule has 3 aromatic carbocycles. The van der Waals surface area contributed by atoms with E-state index < -0.39 is 4.92 Å². The maximum absolute atomic E-state index is 11.2. The number of hydrogen-bond donors (Lipinski definition) is 1. The number of phenolic OH excluding ortho intramolecular Hbond substituents is 1. The average molecular weight is 586 g/mol. The molecule has 0 heterocycles. The lowest BCUT2D eigenvalue weighted by Gasteiger charge is -2.15. The van der Waals surface area contributed by atoms with Crippen LogP contribution in [0.15, 0.2) is 70.4 Å². The smallest absolute Gasteiger partial charge is 0.269 e. The van der Waals surface area contributed by atoms with Crippen LogP contribution in [0.1, 0.15) is 104 Å². The zero-order chi connectivity index (χ0) is 31.4. The first-order valence-corrected chi connectivity index (χ1v) is 16.1. The molecule has 232 valence electrons. The number of allylic oxidation sites excluding steroid dienone is 2. The molecule has 0 saturated carbocycles. The van der Waals surface area contributed by atoms with Crippen molar-refractivity contribution in [3.05, 3.63) is 81.4 Å². The van der Waals surface area contributed by atoms with Crippen molar-refractivity contribution < 1.29 is 10.0 Å². The summed E-state index contributed by atoms with van der Waals surface area (Å²) in [6.45, 7) is 13.6. The predicted octanol–water partition coefficient (Wildman–Crippen LogP) is 12.1. The van der Waals surface area contributed by atoms with Gasteiger partial charge in [-0.1, -0.05) is 109 Å². The second kappa shape index (κ2) is 16.9. The Kier molecular flexibility index (Phi) is 13.4. The molecule has 0 radical (unpaired) electrons. The van der Waals surface area contributed by atoms with E-state index in [9.17, 15) is 15.2 Å². The lowest BCUT2D eigenvalue weighted by Crippen LogP contribution is -2.00. The van der Waals surface area contributed by atoms with Crippen LogP contribution in [0.25, 0.3) is 10.8 Å². The van der Waals surface area contributed by atoms with Gasteiger partial charge < -0.3 is 5.11 Å². The highest BCUT2D eigenvalue weighted by Crippen LogP contribution is 2.41. The van der Waals surface area contributed by atoms with Gasteiger partial charge in [0.1, 0.15) is 5.75 Å². The van der Waals surface area contributed by atoms with Crippen molar-refractivity contribution in [2.45, 2.75) is 106 Å². The molecule has 2 atom stereocenters. The Balaban J connectivity index is 1.59. The van der Waals surface area contributed by atoms with Crippen molar-refractivity contribution in [2.24, 2.45) is 28.0 Å². The van der Waals surface area contributed by atoms with Crippen LogP contribution in [-0.2, 0) is 6.42 Å². The van der Waals surface area contributed by atoms with Gasteiger partial charge in [0.25, 0.3) is 5.69 Å². The third kappa shape index (κ3) is 10.6. The number of nitro groups is 1. The van der Waals surface area contributed by atoms with Crippen LogP contribution in [0.5, 0.6) is 5.75 Å². The van der Waals surface area contributed by atoms with E-state index in [1.807, 2.05) is 31.2 Å². The van der Waals surface area contributed by atoms with Crippen LogP contribution < -0.4 is 0 Å². The molecule has 0 spiro atoms. The van der Waals surface area contributed by atoms with Gasteiger partial charge in [-0.3, -0.25) is 10.1 Å². The third-order valence-electron chi connectivity index (χ3n) is 8.65.